The zero-order valence-corrected chi connectivity index (χ0v) is 12.0. The van der Waals surface area contributed by atoms with Gasteiger partial charge >= 0.3 is 0 Å². The Hall–Kier alpha value is -1.77. The summed E-state index contributed by atoms with van der Waals surface area (Å²) >= 11 is 0. The molecule has 1 aromatic heterocycles. The van der Waals surface area contributed by atoms with Gasteiger partial charge in [-0.1, -0.05) is 0 Å². The van der Waals surface area contributed by atoms with E-state index in [9.17, 15) is 0 Å². The van der Waals surface area contributed by atoms with E-state index >= 15 is 0 Å². The molecule has 0 fully saturated rings. The van der Waals surface area contributed by atoms with Crippen molar-refractivity contribution in [1.29, 1.82) is 0 Å². The highest BCUT2D eigenvalue weighted by molar-refractivity contribution is 5.95. The molecule has 2 aromatic rings. The molecule has 0 atom stereocenters. The third-order valence-corrected chi connectivity index (χ3v) is 4.01. The van der Waals surface area contributed by atoms with Crippen LogP contribution in [-0.4, -0.2) is 26.1 Å². The van der Waals surface area contributed by atoms with Crippen LogP contribution in [0.1, 0.15) is 24.1 Å². The molecule has 0 saturated carbocycles. The van der Waals surface area contributed by atoms with E-state index in [-0.39, 0.29) is 0 Å². The minimum absolute atomic E-state index is 1.11. The van der Waals surface area contributed by atoms with Crippen molar-refractivity contribution in [2.24, 2.45) is 0 Å². The summed E-state index contributed by atoms with van der Waals surface area (Å²) in [6, 6.07) is 6.52. The van der Waals surface area contributed by atoms with E-state index in [1.54, 1.807) is 0 Å². The first-order chi connectivity index (χ1) is 9.20. The highest BCUT2D eigenvalue weighted by Gasteiger charge is 2.17. The molecular weight excluding hydrogens is 234 g/mol. The van der Waals surface area contributed by atoms with Gasteiger partial charge in [0.2, 0.25) is 0 Å². The van der Waals surface area contributed by atoms with Crippen molar-refractivity contribution >= 4 is 22.3 Å². The maximum absolute atomic E-state index is 4.87. The van der Waals surface area contributed by atoms with Gasteiger partial charge in [0.05, 0.1) is 5.52 Å². The highest BCUT2D eigenvalue weighted by atomic mass is 15.1. The van der Waals surface area contributed by atoms with Crippen LogP contribution in [0.15, 0.2) is 18.2 Å². The summed E-state index contributed by atoms with van der Waals surface area (Å²) in [6.45, 7) is 0. The molecule has 1 aliphatic carbocycles. The molecule has 100 valence electrons. The number of benzene rings is 1. The van der Waals surface area contributed by atoms with Crippen molar-refractivity contribution in [2.45, 2.75) is 25.7 Å². The number of anilines is 2. The van der Waals surface area contributed by atoms with Gasteiger partial charge < -0.3 is 10.2 Å². The summed E-state index contributed by atoms with van der Waals surface area (Å²) in [4.78, 5) is 7.00. The van der Waals surface area contributed by atoms with Crippen molar-refractivity contribution in [3.8, 4) is 0 Å². The van der Waals surface area contributed by atoms with E-state index in [4.69, 9.17) is 4.98 Å². The van der Waals surface area contributed by atoms with Crippen molar-refractivity contribution in [3.05, 3.63) is 29.5 Å². The lowest BCUT2D eigenvalue weighted by atomic mass is 9.92. The van der Waals surface area contributed by atoms with Gasteiger partial charge in [0.1, 0.15) is 0 Å². The van der Waals surface area contributed by atoms with Crippen LogP contribution >= 0.6 is 0 Å². The Morgan fingerprint density at radius 1 is 1.16 bits per heavy atom. The molecule has 3 heteroatoms. The van der Waals surface area contributed by atoms with Gasteiger partial charge in [0.25, 0.3) is 0 Å². The van der Waals surface area contributed by atoms with Gasteiger partial charge in [0.15, 0.2) is 0 Å². The first kappa shape index (κ1) is 12.3. The third kappa shape index (κ3) is 2.03. The van der Waals surface area contributed by atoms with Crippen LogP contribution in [0.4, 0.5) is 11.4 Å². The van der Waals surface area contributed by atoms with Crippen LogP contribution in [0.3, 0.4) is 0 Å². The van der Waals surface area contributed by atoms with Crippen molar-refractivity contribution in [2.75, 3.05) is 31.4 Å². The van der Waals surface area contributed by atoms with Gasteiger partial charge in [-0.05, 0) is 49.4 Å². The van der Waals surface area contributed by atoms with Crippen molar-refractivity contribution in [3.63, 3.8) is 0 Å². The predicted molar refractivity (Wildman–Crippen MR) is 82.3 cm³/mol. The molecule has 0 bridgehead atoms. The van der Waals surface area contributed by atoms with E-state index in [1.165, 1.54) is 40.9 Å². The summed E-state index contributed by atoms with van der Waals surface area (Å²) in [5, 5.41) is 4.65. The lowest BCUT2D eigenvalue weighted by Gasteiger charge is -2.21. The van der Waals surface area contributed by atoms with E-state index in [2.05, 4.69) is 42.5 Å². The van der Waals surface area contributed by atoms with Crippen molar-refractivity contribution < 1.29 is 0 Å². The second-order valence-electron chi connectivity index (χ2n) is 5.47. The number of hydrogen-bond donors (Lipinski definition) is 1. The Morgan fingerprint density at radius 3 is 2.68 bits per heavy atom. The first-order valence-electron chi connectivity index (χ1n) is 7.01. The summed E-state index contributed by atoms with van der Waals surface area (Å²) in [6.07, 6.45) is 4.82. The van der Waals surface area contributed by atoms with E-state index in [1.807, 2.05) is 7.05 Å². The SMILES string of the molecule is CNc1c2c(nc3ccc(N(C)C)cc13)CCCC2. The smallest absolute Gasteiger partial charge is 0.0727 e. The molecule has 19 heavy (non-hydrogen) atoms. The number of aromatic nitrogens is 1. The molecule has 1 aliphatic rings. The van der Waals surface area contributed by atoms with Gasteiger partial charge in [-0.25, -0.2) is 0 Å². The average molecular weight is 255 g/mol. The molecule has 0 radical (unpaired) electrons. The van der Waals surface area contributed by atoms with Crippen LogP contribution in [-0.2, 0) is 12.8 Å². The van der Waals surface area contributed by atoms with E-state index < -0.39 is 0 Å². The Morgan fingerprint density at radius 2 is 1.95 bits per heavy atom. The fraction of sp³-hybridized carbons (Fsp3) is 0.438. The van der Waals surface area contributed by atoms with Gasteiger partial charge in [-0.15, -0.1) is 0 Å². The highest BCUT2D eigenvalue weighted by Crippen LogP contribution is 2.34. The van der Waals surface area contributed by atoms with Gasteiger partial charge in [0, 0.05) is 43.6 Å². The van der Waals surface area contributed by atoms with Crippen LogP contribution in [0.5, 0.6) is 0 Å². The second-order valence-corrected chi connectivity index (χ2v) is 5.47. The monoisotopic (exact) mass is 255 g/mol. The summed E-state index contributed by atoms with van der Waals surface area (Å²) in [7, 11) is 6.17. The molecule has 1 aromatic carbocycles. The van der Waals surface area contributed by atoms with Crippen molar-refractivity contribution in [1.82, 2.24) is 4.98 Å². The lowest BCUT2D eigenvalue weighted by molar-refractivity contribution is 0.672. The van der Waals surface area contributed by atoms with Crippen LogP contribution in [0.25, 0.3) is 10.9 Å². The summed E-state index contributed by atoms with van der Waals surface area (Å²) in [5.41, 5.74) is 6.33. The Balaban J connectivity index is 2.28. The largest absolute Gasteiger partial charge is 0.387 e. The van der Waals surface area contributed by atoms with Crippen LogP contribution < -0.4 is 10.2 Å². The molecule has 1 heterocycles. The number of hydrogen-bond acceptors (Lipinski definition) is 3. The third-order valence-electron chi connectivity index (χ3n) is 4.01. The Kier molecular flexibility index (Phi) is 3.05. The molecule has 3 nitrogen and oxygen atoms in total. The van der Waals surface area contributed by atoms with Crippen LogP contribution in [0.2, 0.25) is 0 Å². The molecule has 0 aliphatic heterocycles. The number of pyridine rings is 1. The molecule has 0 saturated heterocycles. The standard InChI is InChI=1S/C16H21N3/c1-17-16-12-6-4-5-7-14(12)18-15-9-8-11(19(2)3)10-13(15)16/h8-10H,4-7H2,1-3H3,(H,17,18). The minimum atomic E-state index is 1.11. The summed E-state index contributed by atoms with van der Waals surface area (Å²) < 4.78 is 0. The molecule has 0 amide bonds. The number of aryl methyl sites for hydroxylation is 1. The van der Waals surface area contributed by atoms with Crippen LogP contribution in [0, 0.1) is 0 Å². The number of rotatable bonds is 2. The molecule has 1 N–H and O–H groups in total. The number of fused-ring (bicyclic) bond motifs is 2. The topological polar surface area (TPSA) is 28.2 Å². The fourth-order valence-electron chi connectivity index (χ4n) is 2.98. The Bertz CT molecular complexity index is 617. The molecule has 0 unspecified atom stereocenters. The van der Waals surface area contributed by atoms with Gasteiger partial charge in [-0.3, -0.25) is 4.98 Å². The molecule has 3 rings (SSSR count). The summed E-state index contributed by atoms with van der Waals surface area (Å²) in [5.74, 6) is 0. The number of nitrogens with zero attached hydrogens (tertiary/aromatic N) is 2. The minimum Gasteiger partial charge on any atom is -0.387 e. The first-order valence-corrected chi connectivity index (χ1v) is 7.01. The predicted octanol–water partition coefficient (Wildman–Crippen LogP) is 3.22. The normalized spacial score (nSPS) is 14.3. The molecule has 0 spiro atoms. The Labute approximate surface area is 114 Å². The van der Waals surface area contributed by atoms with E-state index in [0.717, 1.165) is 18.4 Å². The zero-order chi connectivity index (χ0) is 13.4. The molecular formula is C16H21N3. The zero-order valence-electron chi connectivity index (χ0n) is 12.0. The quantitative estimate of drug-likeness (QED) is 0.893. The van der Waals surface area contributed by atoms with Gasteiger partial charge in [-0.2, -0.15) is 0 Å². The number of nitrogens with one attached hydrogen (secondary N) is 1. The van der Waals surface area contributed by atoms with E-state index in [0.29, 0.717) is 0 Å². The maximum Gasteiger partial charge on any atom is 0.0727 e. The lowest BCUT2D eigenvalue weighted by Crippen LogP contribution is -2.11. The second kappa shape index (κ2) is 4.72. The fourth-order valence-corrected chi connectivity index (χ4v) is 2.98. The average Bonchev–Trinajstić information content (AvgIpc) is 2.44. The maximum atomic E-state index is 4.87.